The molecule has 26 heavy (non-hydrogen) atoms. The van der Waals surface area contributed by atoms with Crippen LogP contribution in [0.25, 0.3) is 11.0 Å². The van der Waals surface area contributed by atoms with Gasteiger partial charge in [0.15, 0.2) is 0 Å². The van der Waals surface area contributed by atoms with Gasteiger partial charge in [0.05, 0.1) is 12.7 Å². The SMILES string of the molecule is CCCc1cc(=O)oc2c(C)c(OC(=O)c3cccc(OC)c3)ccc12. The molecule has 0 atom stereocenters. The number of ether oxygens (including phenoxy) is 2. The highest BCUT2D eigenvalue weighted by Crippen LogP contribution is 2.29. The lowest BCUT2D eigenvalue weighted by Crippen LogP contribution is -2.10. The molecule has 5 nitrogen and oxygen atoms in total. The van der Waals surface area contributed by atoms with Crippen LogP contribution in [0.2, 0.25) is 0 Å². The van der Waals surface area contributed by atoms with E-state index in [9.17, 15) is 9.59 Å². The minimum atomic E-state index is -0.501. The Morgan fingerprint density at radius 3 is 2.69 bits per heavy atom. The molecule has 0 N–H and O–H groups in total. The number of carbonyl (C=O) groups excluding carboxylic acids is 1. The lowest BCUT2D eigenvalue weighted by atomic mass is 10.0. The minimum absolute atomic E-state index is 0.363. The van der Waals surface area contributed by atoms with E-state index in [2.05, 4.69) is 6.92 Å². The van der Waals surface area contributed by atoms with Crippen LogP contribution in [0.4, 0.5) is 0 Å². The van der Waals surface area contributed by atoms with Crippen molar-refractivity contribution < 1.29 is 18.7 Å². The molecule has 0 amide bonds. The van der Waals surface area contributed by atoms with Gasteiger partial charge in [0.1, 0.15) is 17.1 Å². The first-order valence-corrected chi connectivity index (χ1v) is 8.46. The zero-order chi connectivity index (χ0) is 18.7. The predicted octanol–water partition coefficient (Wildman–Crippen LogP) is 4.28. The summed E-state index contributed by atoms with van der Waals surface area (Å²) < 4.78 is 16.0. The molecule has 0 spiro atoms. The van der Waals surface area contributed by atoms with E-state index >= 15 is 0 Å². The fourth-order valence-electron chi connectivity index (χ4n) is 2.90. The Morgan fingerprint density at radius 2 is 1.96 bits per heavy atom. The summed E-state index contributed by atoms with van der Waals surface area (Å²) >= 11 is 0. The van der Waals surface area contributed by atoms with E-state index in [0.29, 0.717) is 28.2 Å². The summed E-state index contributed by atoms with van der Waals surface area (Å²) in [6, 6.07) is 11.8. The van der Waals surface area contributed by atoms with Crippen molar-refractivity contribution in [3.63, 3.8) is 0 Å². The third-order valence-corrected chi connectivity index (χ3v) is 4.22. The Bertz CT molecular complexity index is 1020. The summed E-state index contributed by atoms with van der Waals surface area (Å²) in [6.07, 6.45) is 1.70. The minimum Gasteiger partial charge on any atom is -0.497 e. The Hall–Kier alpha value is -3.08. The molecule has 0 fully saturated rings. The fraction of sp³-hybridized carbons (Fsp3) is 0.238. The molecule has 0 radical (unpaired) electrons. The van der Waals surface area contributed by atoms with Gasteiger partial charge in [-0.05, 0) is 49.2 Å². The van der Waals surface area contributed by atoms with Gasteiger partial charge in [-0.3, -0.25) is 0 Å². The highest BCUT2D eigenvalue weighted by Gasteiger charge is 2.15. The molecule has 3 rings (SSSR count). The van der Waals surface area contributed by atoms with E-state index in [1.165, 1.54) is 13.2 Å². The number of aryl methyl sites for hydroxylation is 2. The molecule has 2 aromatic carbocycles. The second-order valence-corrected chi connectivity index (χ2v) is 6.03. The quantitative estimate of drug-likeness (QED) is 0.389. The van der Waals surface area contributed by atoms with Crippen molar-refractivity contribution in [3.05, 3.63) is 69.6 Å². The van der Waals surface area contributed by atoms with Gasteiger partial charge in [-0.1, -0.05) is 19.4 Å². The highest BCUT2D eigenvalue weighted by molar-refractivity contribution is 5.93. The molecule has 0 aliphatic carbocycles. The summed E-state index contributed by atoms with van der Waals surface area (Å²) in [5, 5.41) is 0.866. The van der Waals surface area contributed by atoms with Gasteiger partial charge < -0.3 is 13.9 Å². The molecule has 5 heteroatoms. The standard InChI is InChI=1S/C21H20O5/c1-4-6-14-12-19(22)26-20-13(2)18(10-9-17(14)20)25-21(23)15-7-5-8-16(11-15)24-3/h5,7-12H,4,6H2,1-3H3. The van der Waals surface area contributed by atoms with Crippen molar-refractivity contribution >= 4 is 16.9 Å². The molecule has 0 bridgehead atoms. The molecular weight excluding hydrogens is 332 g/mol. The van der Waals surface area contributed by atoms with Gasteiger partial charge in [0.2, 0.25) is 0 Å². The number of carbonyl (C=O) groups is 1. The highest BCUT2D eigenvalue weighted by atomic mass is 16.5. The van der Waals surface area contributed by atoms with Crippen LogP contribution in [-0.4, -0.2) is 13.1 Å². The molecule has 134 valence electrons. The topological polar surface area (TPSA) is 65.7 Å². The summed E-state index contributed by atoms with van der Waals surface area (Å²) in [4.78, 5) is 24.3. The van der Waals surface area contributed by atoms with Crippen LogP contribution in [-0.2, 0) is 6.42 Å². The number of methoxy groups -OCH3 is 1. The molecule has 0 aliphatic rings. The van der Waals surface area contributed by atoms with Gasteiger partial charge in [-0.15, -0.1) is 0 Å². The van der Waals surface area contributed by atoms with Gasteiger partial charge in [0.25, 0.3) is 0 Å². The first kappa shape index (κ1) is 17.7. The van der Waals surface area contributed by atoms with Crippen LogP contribution in [0.5, 0.6) is 11.5 Å². The van der Waals surface area contributed by atoms with Gasteiger partial charge in [-0.2, -0.15) is 0 Å². The van der Waals surface area contributed by atoms with Crippen molar-refractivity contribution in [3.8, 4) is 11.5 Å². The maximum atomic E-state index is 12.4. The first-order valence-electron chi connectivity index (χ1n) is 8.46. The Labute approximate surface area is 151 Å². The third-order valence-electron chi connectivity index (χ3n) is 4.22. The second-order valence-electron chi connectivity index (χ2n) is 6.03. The van der Waals surface area contributed by atoms with E-state index < -0.39 is 11.6 Å². The first-order chi connectivity index (χ1) is 12.5. The van der Waals surface area contributed by atoms with Crippen molar-refractivity contribution in [1.29, 1.82) is 0 Å². The summed E-state index contributed by atoms with van der Waals surface area (Å²) in [5.74, 6) is 0.436. The van der Waals surface area contributed by atoms with E-state index in [4.69, 9.17) is 13.9 Å². The van der Waals surface area contributed by atoms with E-state index in [1.807, 2.05) is 6.07 Å². The van der Waals surface area contributed by atoms with Crippen LogP contribution in [0.3, 0.4) is 0 Å². The Balaban J connectivity index is 1.99. The van der Waals surface area contributed by atoms with Crippen LogP contribution >= 0.6 is 0 Å². The maximum absolute atomic E-state index is 12.4. The monoisotopic (exact) mass is 352 g/mol. The number of rotatable bonds is 5. The fourth-order valence-corrected chi connectivity index (χ4v) is 2.90. The maximum Gasteiger partial charge on any atom is 0.343 e. The number of hydrogen-bond acceptors (Lipinski definition) is 5. The second kappa shape index (κ2) is 7.44. The van der Waals surface area contributed by atoms with Gasteiger partial charge in [-0.25, -0.2) is 9.59 Å². The zero-order valence-electron chi connectivity index (χ0n) is 15.0. The van der Waals surface area contributed by atoms with Gasteiger partial charge >= 0.3 is 11.6 Å². The van der Waals surface area contributed by atoms with Crippen molar-refractivity contribution in [2.24, 2.45) is 0 Å². The predicted molar refractivity (Wildman–Crippen MR) is 99.2 cm³/mol. The normalized spacial score (nSPS) is 10.7. The number of esters is 1. The number of fused-ring (bicyclic) bond motifs is 1. The van der Waals surface area contributed by atoms with Gasteiger partial charge in [0, 0.05) is 17.0 Å². The summed E-state index contributed by atoms with van der Waals surface area (Å²) in [5.41, 5.74) is 1.99. The average Bonchev–Trinajstić information content (AvgIpc) is 2.64. The molecule has 0 aliphatic heterocycles. The molecular formula is C21H20O5. The lowest BCUT2D eigenvalue weighted by molar-refractivity contribution is 0.0733. The zero-order valence-corrected chi connectivity index (χ0v) is 15.0. The van der Waals surface area contributed by atoms with Crippen molar-refractivity contribution in [2.45, 2.75) is 26.7 Å². The van der Waals surface area contributed by atoms with Crippen molar-refractivity contribution in [2.75, 3.05) is 7.11 Å². The third kappa shape index (κ3) is 3.47. The molecule has 3 aromatic rings. The molecule has 0 saturated carbocycles. The van der Waals surface area contributed by atoms with Crippen LogP contribution in [0.1, 0.15) is 34.8 Å². The largest absolute Gasteiger partial charge is 0.497 e. The van der Waals surface area contributed by atoms with Crippen LogP contribution in [0, 0.1) is 6.92 Å². The van der Waals surface area contributed by atoms with Crippen molar-refractivity contribution in [1.82, 2.24) is 0 Å². The summed E-state index contributed by atoms with van der Waals surface area (Å²) in [7, 11) is 1.54. The molecule has 0 unspecified atom stereocenters. The van der Waals surface area contributed by atoms with E-state index in [1.54, 1.807) is 37.3 Å². The number of benzene rings is 2. The lowest BCUT2D eigenvalue weighted by Gasteiger charge is -2.11. The number of hydrogen-bond donors (Lipinski definition) is 0. The Morgan fingerprint density at radius 1 is 1.15 bits per heavy atom. The van der Waals surface area contributed by atoms with E-state index in [0.717, 1.165) is 23.8 Å². The molecule has 0 saturated heterocycles. The smallest absolute Gasteiger partial charge is 0.343 e. The molecule has 1 heterocycles. The molecule has 1 aromatic heterocycles. The van der Waals surface area contributed by atoms with Crippen LogP contribution in [0.15, 0.2) is 51.7 Å². The van der Waals surface area contributed by atoms with E-state index in [-0.39, 0.29) is 0 Å². The summed E-state index contributed by atoms with van der Waals surface area (Å²) in [6.45, 7) is 3.83. The van der Waals surface area contributed by atoms with Crippen LogP contribution < -0.4 is 15.1 Å². The Kier molecular flexibility index (Phi) is 5.07. The average molecular weight is 352 g/mol.